The Balaban J connectivity index is 2.26. The monoisotopic (exact) mass is 312 g/mol. The number of benzene rings is 2. The van der Waals surface area contributed by atoms with E-state index in [1.807, 2.05) is 30.3 Å². The van der Waals surface area contributed by atoms with Crippen LogP contribution in [0.1, 0.15) is 10.6 Å². The Morgan fingerprint density at radius 2 is 1.57 bits per heavy atom. The van der Waals surface area contributed by atoms with Crippen LogP contribution in [0.15, 0.2) is 40.8 Å². The van der Waals surface area contributed by atoms with Gasteiger partial charge in [0, 0.05) is 17.0 Å². The Morgan fingerprint density at radius 3 is 2.13 bits per heavy atom. The van der Waals surface area contributed by atoms with E-state index in [9.17, 15) is 4.79 Å². The molecule has 2 aromatic carbocycles. The van der Waals surface area contributed by atoms with Gasteiger partial charge in [0.2, 0.25) is 0 Å². The molecule has 1 heterocycles. The normalized spacial score (nSPS) is 10.6. The van der Waals surface area contributed by atoms with Gasteiger partial charge in [-0.1, -0.05) is 12.1 Å². The second kappa shape index (κ2) is 6.04. The van der Waals surface area contributed by atoms with Crippen LogP contribution in [0, 0.1) is 0 Å². The zero-order valence-electron chi connectivity index (χ0n) is 13.1. The summed E-state index contributed by atoms with van der Waals surface area (Å²) >= 11 is 0. The molecule has 23 heavy (non-hydrogen) atoms. The van der Waals surface area contributed by atoms with E-state index in [2.05, 4.69) is 0 Å². The first kappa shape index (κ1) is 15.0. The molecule has 0 amide bonds. The van der Waals surface area contributed by atoms with Crippen LogP contribution < -0.4 is 14.2 Å². The summed E-state index contributed by atoms with van der Waals surface area (Å²) in [6.45, 7) is 0. The van der Waals surface area contributed by atoms with Crippen LogP contribution in [0.3, 0.4) is 0 Å². The predicted molar refractivity (Wildman–Crippen MR) is 86.7 cm³/mol. The Morgan fingerprint density at radius 1 is 0.913 bits per heavy atom. The molecule has 0 saturated heterocycles. The summed E-state index contributed by atoms with van der Waals surface area (Å²) < 4.78 is 21.4. The first-order chi connectivity index (χ1) is 11.2. The zero-order valence-corrected chi connectivity index (χ0v) is 13.1. The molecule has 5 nitrogen and oxygen atoms in total. The minimum absolute atomic E-state index is 0.264. The van der Waals surface area contributed by atoms with Gasteiger partial charge in [-0.15, -0.1) is 0 Å². The van der Waals surface area contributed by atoms with E-state index in [0.29, 0.717) is 23.4 Å². The van der Waals surface area contributed by atoms with Crippen LogP contribution in [0.4, 0.5) is 0 Å². The number of furan rings is 1. The largest absolute Gasteiger partial charge is 0.497 e. The van der Waals surface area contributed by atoms with Crippen molar-refractivity contribution in [2.75, 3.05) is 21.3 Å². The molecule has 0 radical (unpaired) electrons. The molecule has 5 heteroatoms. The summed E-state index contributed by atoms with van der Waals surface area (Å²) in [5, 5.41) is 0.787. The summed E-state index contributed by atoms with van der Waals surface area (Å²) in [7, 11) is 4.73. The van der Waals surface area contributed by atoms with Crippen molar-refractivity contribution in [2.24, 2.45) is 0 Å². The van der Waals surface area contributed by atoms with Crippen molar-refractivity contribution in [3.8, 4) is 28.4 Å². The van der Waals surface area contributed by atoms with E-state index < -0.39 is 0 Å². The lowest BCUT2D eigenvalue weighted by atomic mass is 10.0. The van der Waals surface area contributed by atoms with Crippen LogP contribution in [-0.4, -0.2) is 27.6 Å². The molecule has 0 spiro atoms. The summed E-state index contributed by atoms with van der Waals surface area (Å²) in [6.07, 6.45) is 0.707. The third-order valence-electron chi connectivity index (χ3n) is 3.71. The fraction of sp³-hybridized carbons (Fsp3) is 0.167. The number of carbonyl (C=O) groups is 1. The first-order valence-electron chi connectivity index (χ1n) is 7.00. The maximum Gasteiger partial charge on any atom is 0.186 e. The van der Waals surface area contributed by atoms with Crippen molar-refractivity contribution < 1.29 is 23.4 Å². The van der Waals surface area contributed by atoms with E-state index >= 15 is 0 Å². The lowest BCUT2D eigenvalue weighted by Crippen LogP contribution is -1.90. The Hall–Kier alpha value is -2.95. The standard InChI is InChI=1S/C18H16O5/c1-20-12-6-4-11(5-7-12)18-13-8-15(21-2)16(22-3)9-14(13)23-17(18)10-19/h4-10H,1-3H3. The Bertz CT molecular complexity index is 846. The number of hydrogen-bond donors (Lipinski definition) is 0. The molecule has 118 valence electrons. The van der Waals surface area contributed by atoms with Crippen molar-refractivity contribution in [1.82, 2.24) is 0 Å². The average molecular weight is 312 g/mol. The SMILES string of the molecule is COc1ccc(-c2c(C=O)oc3cc(OC)c(OC)cc23)cc1. The van der Waals surface area contributed by atoms with Crippen LogP contribution in [-0.2, 0) is 0 Å². The zero-order chi connectivity index (χ0) is 16.4. The van der Waals surface area contributed by atoms with Gasteiger partial charge < -0.3 is 18.6 Å². The van der Waals surface area contributed by atoms with Crippen LogP contribution in [0.25, 0.3) is 22.1 Å². The molecule has 0 unspecified atom stereocenters. The highest BCUT2D eigenvalue weighted by Crippen LogP contribution is 2.40. The minimum Gasteiger partial charge on any atom is -0.497 e. The quantitative estimate of drug-likeness (QED) is 0.668. The number of methoxy groups -OCH3 is 3. The van der Waals surface area contributed by atoms with Gasteiger partial charge in [0.05, 0.1) is 21.3 Å². The predicted octanol–water partition coefficient (Wildman–Crippen LogP) is 3.94. The molecule has 0 atom stereocenters. The van der Waals surface area contributed by atoms with Gasteiger partial charge in [0.25, 0.3) is 0 Å². The van der Waals surface area contributed by atoms with Gasteiger partial charge in [0.15, 0.2) is 23.5 Å². The van der Waals surface area contributed by atoms with Crippen LogP contribution in [0.2, 0.25) is 0 Å². The van der Waals surface area contributed by atoms with Crippen LogP contribution >= 0.6 is 0 Å². The van der Waals surface area contributed by atoms with E-state index in [1.165, 1.54) is 0 Å². The van der Waals surface area contributed by atoms with Gasteiger partial charge in [-0.05, 0) is 23.8 Å². The maximum atomic E-state index is 11.4. The van der Waals surface area contributed by atoms with E-state index in [-0.39, 0.29) is 5.76 Å². The molecule has 3 rings (SSSR count). The van der Waals surface area contributed by atoms with Crippen molar-refractivity contribution in [3.63, 3.8) is 0 Å². The van der Waals surface area contributed by atoms with Crippen molar-refractivity contribution in [1.29, 1.82) is 0 Å². The fourth-order valence-corrected chi connectivity index (χ4v) is 2.58. The second-order valence-electron chi connectivity index (χ2n) is 4.89. The first-order valence-corrected chi connectivity index (χ1v) is 7.00. The molecule has 0 aliphatic rings. The molecule has 1 aromatic heterocycles. The summed E-state index contributed by atoms with van der Waals surface area (Å²) in [4.78, 5) is 11.4. The lowest BCUT2D eigenvalue weighted by molar-refractivity contribution is 0.110. The molecular formula is C18H16O5. The third-order valence-corrected chi connectivity index (χ3v) is 3.71. The molecule has 0 N–H and O–H groups in total. The van der Waals surface area contributed by atoms with Gasteiger partial charge >= 0.3 is 0 Å². The highest BCUT2D eigenvalue weighted by Gasteiger charge is 2.18. The topological polar surface area (TPSA) is 57.9 Å². The Kier molecular flexibility index (Phi) is 3.93. The van der Waals surface area contributed by atoms with E-state index in [1.54, 1.807) is 27.4 Å². The molecule has 0 aliphatic heterocycles. The number of rotatable bonds is 5. The number of ether oxygens (including phenoxy) is 3. The number of aldehydes is 1. The number of hydrogen-bond acceptors (Lipinski definition) is 5. The van der Waals surface area contributed by atoms with Crippen molar-refractivity contribution >= 4 is 17.3 Å². The van der Waals surface area contributed by atoms with Gasteiger partial charge in [-0.25, -0.2) is 0 Å². The van der Waals surface area contributed by atoms with Crippen molar-refractivity contribution in [3.05, 3.63) is 42.2 Å². The molecule has 0 bridgehead atoms. The second-order valence-corrected chi connectivity index (χ2v) is 4.89. The highest BCUT2D eigenvalue weighted by atomic mass is 16.5. The van der Waals surface area contributed by atoms with Gasteiger partial charge in [-0.2, -0.15) is 0 Å². The summed E-state index contributed by atoms with van der Waals surface area (Å²) in [6, 6.07) is 11.0. The van der Waals surface area contributed by atoms with Crippen molar-refractivity contribution in [2.45, 2.75) is 0 Å². The number of fused-ring (bicyclic) bond motifs is 1. The van der Waals surface area contributed by atoms with Gasteiger partial charge in [-0.3, -0.25) is 4.79 Å². The third kappa shape index (κ3) is 2.50. The molecule has 3 aromatic rings. The maximum absolute atomic E-state index is 11.4. The van der Waals surface area contributed by atoms with E-state index in [0.717, 1.165) is 22.3 Å². The van der Waals surface area contributed by atoms with E-state index in [4.69, 9.17) is 18.6 Å². The molecular weight excluding hydrogens is 296 g/mol. The summed E-state index contributed by atoms with van der Waals surface area (Å²) in [5.41, 5.74) is 2.15. The van der Waals surface area contributed by atoms with Gasteiger partial charge in [0.1, 0.15) is 11.3 Å². The lowest BCUT2D eigenvalue weighted by Gasteiger charge is -2.07. The molecule has 0 aliphatic carbocycles. The smallest absolute Gasteiger partial charge is 0.186 e. The molecule has 0 saturated carbocycles. The fourth-order valence-electron chi connectivity index (χ4n) is 2.58. The highest BCUT2D eigenvalue weighted by molar-refractivity contribution is 6.03. The number of carbonyl (C=O) groups excluding carboxylic acids is 1. The Labute approximate surface area is 133 Å². The van der Waals surface area contributed by atoms with Crippen LogP contribution in [0.5, 0.6) is 17.2 Å². The average Bonchev–Trinajstić information content (AvgIpc) is 2.97. The molecule has 0 fully saturated rings. The minimum atomic E-state index is 0.264. The summed E-state index contributed by atoms with van der Waals surface area (Å²) in [5.74, 6) is 2.13.